The average Bonchev–Trinajstić information content (AvgIpc) is 3.35. The summed E-state index contributed by atoms with van der Waals surface area (Å²) in [5.74, 6) is -2.40. The lowest BCUT2D eigenvalue weighted by atomic mass is 10.2. The van der Waals surface area contributed by atoms with Crippen molar-refractivity contribution in [1.29, 1.82) is 0 Å². The number of aryl methyl sites for hydroxylation is 1. The molecule has 0 atom stereocenters. The van der Waals surface area contributed by atoms with E-state index in [2.05, 4.69) is 10.6 Å². The van der Waals surface area contributed by atoms with Gasteiger partial charge in [-0.25, -0.2) is 9.69 Å². The van der Waals surface area contributed by atoms with Crippen LogP contribution in [0.15, 0.2) is 72.6 Å². The van der Waals surface area contributed by atoms with E-state index in [1.54, 1.807) is 47.2 Å². The molecule has 1 saturated heterocycles. The smallest absolute Gasteiger partial charge is 0.329 e. The van der Waals surface area contributed by atoms with E-state index < -0.39 is 30.4 Å². The van der Waals surface area contributed by atoms with Gasteiger partial charge in [0.2, 0.25) is 5.91 Å². The highest BCUT2D eigenvalue weighted by molar-refractivity contribution is 6.15. The Morgan fingerprint density at radius 3 is 2.39 bits per heavy atom. The summed E-state index contributed by atoms with van der Waals surface area (Å²) in [6.07, 6.45) is 3.22. The van der Waals surface area contributed by atoms with E-state index in [0.717, 1.165) is 10.5 Å². The quantitative estimate of drug-likeness (QED) is 0.443. The second-order valence-electron chi connectivity index (χ2n) is 7.43. The predicted octanol–water partition coefficient (Wildman–Crippen LogP) is 1.68. The number of carbonyl (C=O) groups is 4. The zero-order valence-corrected chi connectivity index (χ0v) is 17.6. The van der Waals surface area contributed by atoms with Gasteiger partial charge >= 0.3 is 6.03 Å². The number of nitrogens with zero attached hydrogens (tertiary/aromatic N) is 2. The van der Waals surface area contributed by atoms with Crippen LogP contribution in [0.2, 0.25) is 0 Å². The molecule has 4 amide bonds. The van der Waals surface area contributed by atoms with Crippen LogP contribution in [0.4, 0.5) is 10.5 Å². The molecule has 0 saturated carbocycles. The molecular formula is C24H19N4O5-. The first kappa shape index (κ1) is 21.6. The van der Waals surface area contributed by atoms with Gasteiger partial charge in [0.15, 0.2) is 0 Å². The molecule has 2 N–H and O–H groups in total. The molecule has 1 fully saturated rings. The van der Waals surface area contributed by atoms with Crippen molar-refractivity contribution in [1.82, 2.24) is 14.8 Å². The number of nitrogens with one attached hydrogen (secondary N) is 2. The molecule has 3 aromatic rings. The van der Waals surface area contributed by atoms with E-state index in [1.807, 2.05) is 19.1 Å². The number of rotatable bonds is 6. The second kappa shape index (κ2) is 8.83. The van der Waals surface area contributed by atoms with Gasteiger partial charge in [0.25, 0.3) is 5.91 Å². The number of carboxylic acid groups (broad SMARTS) is 1. The number of benzene rings is 2. The van der Waals surface area contributed by atoms with E-state index in [4.69, 9.17) is 0 Å². The molecule has 1 aliphatic rings. The SMILES string of the molecule is Cc1ccc(NC(=O)CN2C(=O)N/C(=C\c3cccn3-c3ccc(C(=O)[O-])cc3)C2=O)cc1. The molecule has 0 unspecified atom stereocenters. The molecule has 1 aromatic heterocycles. The van der Waals surface area contributed by atoms with Crippen molar-refractivity contribution >= 4 is 35.6 Å². The summed E-state index contributed by atoms with van der Waals surface area (Å²) >= 11 is 0. The van der Waals surface area contributed by atoms with Crippen molar-refractivity contribution in [3.63, 3.8) is 0 Å². The summed E-state index contributed by atoms with van der Waals surface area (Å²) < 4.78 is 1.72. The number of aromatic carboxylic acids is 1. The lowest BCUT2D eigenvalue weighted by molar-refractivity contribution is -0.255. The fourth-order valence-corrected chi connectivity index (χ4v) is 3.35. The molecule has 2 heterocycles. The third-order valence-corrected chi connectivity index (χ3v) is 5.05. The van der Waals surface area contributed by atoms with Gasteiger partial charge in [0, 0.05) is 23.3 Å². The highest BCUT2D eigenvalue weighted by Gasteiger charge is 2.35. The van der Waals surface area contributed by atoms with E-state index in [9.17, 15) is 24.3 Å². The molecule has 0 aliphatic carbocycles. The molecule has 1 aliphatic heterocycles. The van der Waals surface area contributed by atoms with Crippen LogP contribution < -0.4 is 15.7 Å². The van der Waals surface area contributed by atoms with Gasteiger partial charge in [-0.2, -0.15) is 0 Å². The Hall–Kier alpha value is -4.66. The van der Waals surface area contributed by atoms with Crippen LogP contribution in [0.5, 0.6) is 0 Å². The molecular weight excluding hydrogens is 424 g/mol. The number of hydrogen-bond donors (Lipinski definition) is 2. The second-order valence-corrected chi connectivity index (χ2v) is 7.43. The first-order valence-corrected chi connectivity index (χ1v) is 10.0. The van der Waals surface area contributed by atoms with Crippen LogP contribution in [0, 0.1) is 6.92 Å². The van der Waals surface area contributed by atoms with Crippen LogP contribution >= 0.6 is 0 Å². The lowest BCUT2D eigenvalue weighted by Crippen LogP contribution is -2.38. The number of urea groups is 1. The largest absolute Gasteiger partial charge is 0.545 e. The molecule has 0 bridgehead atoms. The van der Waals surface area contributed by atoms with E-state index in [0.29, 0.717) is 17.1 Å². The topological polar surface area (TPSA) is 124 Å². The number of amides is 4. The Bertz CT molecular complexity index is 1270. The van der Waals surface area contributed by atoms with Gasteiger partial charge in [-0.3, -0.25) is 9.59 Å². The molecule has 33 heavy (non-hydrogen) atoms. The first-order valence-electron chi connectivity index (χ1n) is 10.0. The lowest BCUT2D eigenvalue weighted by Gasteiger charge is -2.12. The molecule has 0 spiro atoms. The number of imide groups is 1. The average molecular weight is 443 g/mol. The molecule has 9 nitrogen and oxygen atoms in total. The van der Waals surface area contributed by atoms with Crippen LogP contribution in [-0.4, -0.2) is 39.8 Å². The van der Waals surface area contributed by atoms with Crippen LogP contribution in [0.1, 0.15) is 21.6 Å². The molecule has 9 heteroatoms. The number of hydrogen-bond acceptors (Lipinski definition) is 5. The fraction of sp³-hybridized carbons (Fsp3) is 0.0833. The summed E-state index contributed by atoms with van der Waals surface area (Å²) in [6, 6.07) is 16.0. The zero-order chi connectivity index (χ0) is 23.5. The molecule has 2 aromatic carbocycles. The van der Waals surface area contributed by atoms with Gasteiger partial charge in [0.1, 0.15) is 12.2 Å². The number of carboxylic acids is 1. The zero-order valence-electron chi connectivity index (χ0n) is 17.6. The third-order valence-electron chi connectivity index (χ3n) is 5.05. The van der Waals surface area contributed by atoms with Crippen molar-refractivity contribution in [3.05, 3.63) is 89.4 Å². The summed E-state index contributed by atoms with van der Waals surface area (Å²) in [6.45, 7) is 1.49. The normalized spacial score (nSPS) is 14.5. The number of anilines is 1. The summed E-state index contributed by atoms with van der Waals surface area (Å²) in [7, 11) is 0. The Labute approximate surface area is 188 Å². The highest BCUT2D eigenvalue weighted by Crippen LogP contribution is 2.19. The number of aromatic nitrogens is 1. The maximum absolute atomic E-state index is 12.8. The Morgan fingerprint density at radius 2 is 1.73 bits per heavy atom. The molecule has 0 radical (unpaired) electrons. The van der Waals surface area contributed by atoms with Crippen molar-refractivity contribution in [3.8, 4) is 5.69 Å². The molecule has 4 rings (SSSR count). The highest BCUT2D eigenvalue weighted by atomic mass is 16.4. The maximum Gasteiger partial charge on any atom is 0.329 e. The summed E-state index contributed by atoms with van der Waals surface area (Å²) in [5.41, 5.74) is 2.90. The van der Waals surface area contributed by atoms with Crippen LogP contribution in [-0.2, 0) is 9.59 Å². The standard InChI is InChI=1S/C24H20N4O5/c1-15-4-8-17(9-5-15)25-21(29)14-28-22(30)20(26-24(28)33)13-19-3-2-12-27(19)18-10-6-16(7-11-18)23(31)32/h2-13H,14H2,1H3,(H,25,29)(H,26,33)(H,31,32)/p-1/b20-13-. The van der Waals surface area contributed by atoms with Crippen LogP contribution in [0.25, 0.3) is 11.8 Å². The monoisotopic (exact) mass is 443 g/mol. The number of carbonyl (C=O) groups excluding carboxylic acids is 4. The minimum atomic E-state index is -1.28. The van der Waals surface area contributed by atoms with Gasteiger partial charge in [-0.05, 0) is 55.0 Å². The van der Waals surface area contributed by atoms with Gasteiger partial charge in [-0.15, -0.1) is 0 Å². The van der Waals surface area contributed by atoms with Crippen molar-refractivity contribution in [2.45, 2.75) is 6.92 Å². The third kappa shape index (κ3) is 4.67. The Balaban J connectivity index is 1.49. The fourth-order valence-electron chi connectivity index (χ4n) is 3.35. The maximum atomic E-state index is 12.8. The predicted molar refractivity (Wildman–Crippen MR) is 118 cm³/mol. The minimum absolute atomic E-state index is 0.0226. The molecule has 166 valence electrons. The minimum Gasteiger partial charge on any atom is -0.545 e. The first-order chi connectivity index (χ1) is 15.8. The van der Waals surface area contributed by atoms with Gasteiger partial charge < -0.3 is 25.1 Å². The van der Waals surface area contributed by atoms with Crippen molar-refractivity contribution < 1.29 is 24.3 Å². The Morgan fingerprint density at radius 1 is 1.03 bits per heavy atom. The Kier molecular flexibility index (Phi) is 5.77. The van der Waals surface area contributed by atoms with Gasteiger partial charge in [0.05, 0.1) is 5.97 Å². The van der Waals surface area contributed by atoms with E-state index in [-0.39, 0.29) is 11.3 Å². The summed E-state index contributed by atoms with van der Waals surface area (Å²) in [4.78, 5) is 49.2. The van der Waals surface area contributed by atoms with Crippen LogP contribution in [0.3, 0.4) is 0 Å². The van der Waals surface area contributed by atoms with E-state index >= 15 is 0 Å². The summed E-state index contributed by atoms with van der Waals surface area (Å²) in [5, 5.41) is 16.1. The van der Waals surface area contributed by atoms with E-state index in [1.165, 1.54) is 18.2 Å². The van der Waals surface area contributed by atoms with Crippen molar-refractivity contribution in [2.75, 3.05) is 11.9 Å². The van der Waals surface area contributed by atoms with Crippen molar-refractivity contribution in [2.24, 2.45) is 0 Å². The van der Waals surface area contributed by atoms with Gasteiger partial charge in [-0.1, -0.05) is 29.8 Å².